The molecule has 1 aliphatic heterocycles. The molecule has 2 N–H and O–H groups in total. The van der Waals surface area contributed by atoms with Crippen molar-refractivity contribution >= 4 is 21.6 Å². The first kappa shape index (κ1) is 11.0. The van der Waals surface area contributed by atoms with E-state index in [4.69, 9.17) is 17.3 Å². The molecule has 1 heterocycles. The zero-order chi connectivity index (χ0) is 9.90. The fourth-order valence-corrected chi connectivity index (χ4v) is 2.79. The summed E-state index contributed by atoms with van der Waals surface area (Å²) in [6.07, 6.45) is 2.53. The first-order chi connectivity index (χ1) is 6.06. The Labute approximate surface area is 83.4 Å². The molecule has 0 atom stereocenters. The minimum absolute atomic E-state index is 0.00281. The molecule has 0 saturated heterocycles. The van der Waals surface area contributed by atoms with Crippen LogP contribution in [0.4, 0.5) is 0 Å². The van der Waals surface area contributed by atoms with Crippen LogP contribution in [0.25, 0.3) is 0 Å². The van der Waals surface area contributed by atoms with E-state index in [0.29, 0.717) is 24.5 Å². The lowest BCUT2D eigenvalue weighted by atomic mass is 10.3. The van der Waals surface area contributed by atoms with Crippen molar-refractivity contribution in [1.29, 1.82) is 0 Å². The summed E-state index contributed by atoms with van der Waals surface area (Å²) in [5, 5.41) is 0.590. The Kier molecular flexibility index (Phi) is 3.73. The van der Waals surface area contributed by atoms with Crippen LogP contribution in [0, 0.1) is 0 Å². The van der Waals surface area contributed by atoms with Gasteiger partial charge in [0.05, 0.1) is 5.75 Å². The molecule has 0 radical (unpaired) electrons. The summed E-state index contributed by atoms with van der Waals surface area (Å²) in [5.41, 5.74) is 5.20. The van der Waals surface area contributed by atoms with Crippen LogP contribution in [-0.2, 0) is 10.0 Å². The lowest BCUT2D eigenvalue weighted by Gasteiger charge is -2.24. The second kappa shape index (κ2) is 4.41. The summed E-state index contributed by atoms with van der Waals surface area (Å²) in [6, 6.07) is 0. The Morgan fingerprint density at radius 2 is 2.31 bits per heavy atom. The molecule has 0 saturated carbocycles. The molecular formula is C7H13ClN2O2S. The highest BCUT2D eigenvalue weighted by atomic mass is 35.5. The van der Waals surface area contributed by atoms with Crippen molar-refractivity contribution in [2.75, 3.05) is 25.4 Å². The Bertz CT molecular complexity index is 300. The molecule has 6 heteroatoms. The highest BCUT2D eigenvalue weighted by Gasteiger charge is 2.23. The third-order valence-corrected chi connectivity index (χ3v) is 3.96. The maximum atomic E-state index is 11.5. The SMILES string of the molecule is NCCS(=O)(=O)N1CCC=C(Cl)C1. The van der Waals surface area contributed by atoms with Gasteiger partial charge in [-0.15, -0.1) is 0 Å². The first-order valence-corrected chi connectivity index (χ1v) is 6.07. The number of sulfonamides is 1. The van der Waals surface area contributed by atoms with Gasteiger partial charge < -0.3 is 5.73 Å². The molecule has 76 valence electrons. The van der Waals surface area contributed by atoms with E-state index in [-0.39, 0.29) is 12.3 Å². The largest absolute Gasteiger partial charge is 0.329 e. The van der Waals surface area contributed by atoms with Gasteiger partial charge in [-0.2, -0.15) is 4.31 Å². The minimum atomic E-state index is -3.18. The fraction of sp³-hybridized carbons (Fsp3) is 0.714. The van der Waals surface area contributed by atoms with E-state index >= 15 is 0 Å². The van der Waals surface area contributed by atoms with Crippen molar-refractivity contribution in [2.24, 2.45) is 5.73 Å². The predicted molar refractivity (Wildman–Crippen MR) is 53.0 cm³/mol. The van der Waals surface area contributed by atoms with Gasteiger partial charge in [-0.25, -0.2) is 8.42 Å². The molecule has 1 aliphatic rings. The van der Waals surface area contributed by atoms with Gasteiger partial charge in [0, 0.05) is 24.7 Å². The highest BCUT2D eigenvalue weighted by molar-refractivity contribution is 7.89. The third kappa shape index (κ3) is 2.95. The number of hydrogen-bond acceptors (Lipinski definition) is 3. The number of nitrogens with zero attached hydrogens (tertiary/aromatic N) is 1. The van der Waals surface area contributed by atoms with Gasteiger partial charge in [-0.1, -0.05) is 17.7 Å². The Balaban J connectivity index is 2.68. The summed E-state index contributed by atoms with van der Waals surface area (Å²) in [6.45, 7) is 0.961. The van der Waals surface area contributed by atoms with Gasteiger partial charge >= 0.3 is 0 Å². The molecule has 0 spiro atoms. The standard InChI is InChI=1S/C7H13ClN2O2S/c8-7-2-1-4-10(6-7)13(11,12)5-3-9/h2H,1,3-6,9H2. The second-order valence-corrected chi connectivity index (χ2v) is 5.45. The minimum Gasteiger partial charge on any atom is -0.329 e. The maximum absolute atomic E-state index is 11.5. The van der Waals surface area contributed by atoms with E-state index in [9.17, 15) is 8.42 Å². The maximum Gasteiger partial charge on any atom is 0.215 e. The van der Waals surface area contributed by atoms with Crippen LogP contribution in [0.15, 0.2) is 11.1 Å². The molecule has 13 heavy (non-hydrogen) atoms. The first-order valence-electron chi connectivity index (χ1n) is 4.08. The van der Waals surface area contributed by atoms with Crippen molar-refractivity contribution in [3.05, 3.63) is 11.1 Å². The van der Waals surface area contributed by atoms with E-state index in [1.807, 2.05) is 6.08 Å². The lowest BCUT2D eigenvalue weighted by molar-refractivity contribution is 0.434. The summed E-state index contributed by atoms with van der Waals surface area (Å²) in [7, 11) is -3.18. The average molecular weight is 225 g/mol. The van der Waals surface area contributed by atoms with Crippen molar-refractivity contribution < 1.29 is 8.42 Å². The average Bonchev–Trinajstić information content (AvgIpc) is 2.04. The summed E-state index contributed by atoms with van der Waals surface area (Å²) < 4.78 is 24.4. The van der Waals surface area contributed by atoms with Gasteiger partial charge in [0.25, 0.3) is 0 Å². The van der Waals surface area contributed by atoms with Gasteiger partial charge in [0.2, 0.25) is 10.0 Å². The third-order valence-electron chi connectivity index (χ3n) is 1.84. The Morgan fingerprint density at radius 3 is 2.85 bits per heavy atom. The van der Waals surface area contributed by atoms with Crippen molar-refractivity contribution in [3.63, 3.8) is 0 Å². The molecule has 0 aromatic rings. The second-order valence-electron chi connectivity index (χ2n) is 2.88. The predicted octanol–water partition coefficient (Wildman–Crippen LogP) is 0.103. The summed E-state index contributed by atoms with van der Waals surface area (Å²) >= 11 is 5.74. The molecule has 0 aliphatic carbocycles. The van der Waals surface area contributed by atoms with Crippen molar-refractivity contribution in [3.8, 4) is 0 Å². The van der Waals surface area contributed by atoms with E-state index < -0.39 is 10.0 Å². The molecule has 0 aromatic carbocycles. The van der Waals surface area contributed by atoms with Crippen LogP contribution in [-0.4, -0.2) is 38.1 Å². The molecule has 1 rings (SSSR count). The normalized spacial score (nSPS) is 20.0. The van der Waals surface area contributed by atoms with Crippen molar-refractivity contribution in [2.45, 2.75) is 6.42 Å². The van der Waals surface area contributed by atoms with Crippen LogP contribution in [0.5, 0.6) is 0 Å². The number of hydrogen-bond donors (Lipinski definition) is 1. The molecule has 0 bridgehead atoms. The van der Waals surface area contributed by atoms with Gasteiger partial charge in [-0.3, -0.25) is 0 Å². The molecule has 0 aromatic heterocycles. The molecule has 0 unspecified atom stereocenters. The van der Waals surface area contributed by atoms with Crippen LogP contribution in [0.1, 0.15) is 6.42 Å². The summed E-state index contributed by atoms with van der Waals surface area (Å²) in [5.74, 6) is -0.00281. The highest BCUT2D eigenvalue weighted by Crippen LogP contribution is 2.15. The topological polar surface area (TPSA) is 63.4 Å². The van der Waals surface area contributed by atoms with Gasteiger partial charge in [0.1, 0.15) is 0 Å². The zero-order valence-corrected chi connectivity index (χ0v) is 8.81. The van der Waals surface area contributed by atoms with Crippen LogP contribution >= 0.6 is 11.6 Å². The monoisotopic (exact) mass is 224 g/mol. The number of halogens is 1. The Hall–Kier alpha value is -0.100. The van der Waals surface area contributed by atoms with Crippen molar-refractivity contribution in [1.82, 2.24) is 4.31 Å². The summed E-state index contributed by atoms with van der Waals surface area (Å²) in [4.78, 5) is 0. The number of rotatable bonds is 3. The smallest absolute Gasteiger partial charge is 0.215 e. The molecular weight excluding hydrogens is 212 g/mol. The van der Waals surface area contributed by atoms with E-state index in [2.05, 4.69) is 0 Å². The van der Waals surface area contributed by atoms with Crippen LogP contribution in [0.3, 0.4) is 0 Å². The Morgan fingerprint density at radius 1 is 1.62 bits per heavy atom. The lowest BCUT2D eigenvalue weighted by Crippen LogP contribution is -2.38. The molecule has 0 amide bonds. The van der Waals surface area contributed by atoms with Gasteiger partial charge in [-0.05, 0) is 6.42 Å². The van der Waals surface area contributed by atoms with Crippen LogP contribution in [0.2, 0.25) is 0 Å². The van der Waals surface area contributed by atoms with E-state index in [1.165, 1.54) is 4.31 Å². The quantitative estimate of drug-likeness (QED) is 0.740. The van der Waals surface area contributed by atoms with Crippen LogP contribution < -0.4 is 5.73 Å². The van der Waals surface area contributed by atoms with E-state index in [0.717, 1.165) is 0 Å². The molecule has 4 nitrogen and oxygen atoms in total. The fourth-order valence-electron chi connectivity index (χ4n) is 1.19. The zero-order valence-electron chi connectivity index (χ0n) is 7.24. The van der Waals surface area contributed by atoms with Gasteiger partial charge in [0.15, 0.2) is 0 Å². The number of nitrogens with two attached hydrogens (primary N) is 1. The molecule has 0 fully saturated rings. The van der Waals surface area contributed by atoms with E-state index in [1.54, 1.807) is 0 Å².